The Balaban J connectivity index is 2.61. The molecule has 0 aliphatic rings. The topological polar surface area (TPSA) is 71.5 Å². The fraction of sp³-hybridized carbons (Fsp3) is 0.538. The summed E-state index contributed by atoms with van der Waals surface area (Å²) in [5.74, 6) is 0. The van der Waals surface area contributed by atoms with Crippen molar-refractivity contribution in [3.05, 3.63) is 29.1 Å². The van der Waals surface area contributed by atoms with Crippen molar-refractivity contribution in [3.63, 3.8) is 0 Å². The summed E-state index contributed by atoms with van der Waals surface area (Å²) in [6, 6.07) is 1.85. The van der Waals surface area contributed by atoms with Crippen molar-refractivity contribution in [2.45, 2.75) is 46.4 Å². The highest BCUT2D eigenvalue weighted by Gasteiger charge is 2.16. The summed E-state index contributed by atoms with van der Waals surface area (Å²) in [6.45, 7) is 7.45. The number of pyridine rings is 1. The van der Waals surface area contributed by atoms with Gasteiger partial charge in [0, 0.05) is 11.8 Å². The molecule has 18 heavy (non-hydrogen) atoms. The third-order valence-electron chi connectivity index (χ3n) is 2.17. The number of hydrogen-bond acceptors (Lipinski definition) is 4. The molecule has 0 aromatic carbocycles. The number of hydrogen-bond donors (Lipinski definition) is 2. The number of nitrogens with zero attached hydrogens (tertiary/aromatic N) is 1. The van der Waals surface area contributed by atoms with Gasteiger partial charge in [0.1, 0.15) is 5.60 Å². The van der Waals surface area contributed by atoms with Gasteiger partial charge in [-0.15, -0.1) is 0 Å². The second-order valence-electron chi connectivity index (χ2n) is 5.13. The van der Waals surface area contributed by atoms with Crippen LogP contribution in [-0.4, -0.2) is 21.8 Å². The molecule has 0 bridgehead atoms. The second kappa shape index (κ2) is 5.82. The lowest BCUT2D eigenvalue weighted by atomic mass is 10.1. The molecular formula is C13H20N2O3. The van der Waals surface area contributed by atoms with Crippen molar-refractivity contribution in [1.82, 2.24) is 10.3 Å². The van der Waals surface area contributed by atoms with Gasteiger partial charge in [0.15, 0.2) is 0 Å². The molecule has 0 aliphatic heterocycles. The minimum atomic E-state index is -0.523. The van der Waals surface area contributed by atoms with Gasteiger partial charge in [-0.1, -0.05) is 6.07 Å². The van der Waals surface area contributed by atoms with Crippen LogP contribution in [0.1, 0.15) is 37.6 Å². The maximum Gasteiger partial charge on any atom is 0.407 e. The number of aliphatic hydroxyl groups is 1. The highest BCUT2D eigenvalue weighted by atomic mass is 16.6. The van der Waals surface area contributed by atoms with Crippen LogP contribution in [0.4, 0.5) is 4.79 Å². The largest absolute Gasteiger partial charge is 0.444 e. The Hall–Kier alpha value is -1.62. The summed E-state index contributed by atoms with van der Waals surface area (Å²) in [5, 5.41) is 11.8. The zero-order valence-electron chi connectivity index (χ0n) is 11.3. The van der Waals surface area contributed by atoms with Crippen molar-refractivity contribution in [3.8, 4) is 0 Å². The van der Waals surface area contributed by atoms with Crippen LogP contribution in [-0.2, 0) is 17.9 Å². The van der Waals surface area contributed by atoms with Crippen LogP contribution in [0, 0.1) is 6.92 Å². The lowest BCUT2D eigenvalue weighted by molar-refractivity contribution is 0.0522. The molecule has 0 spiro atoms. The Morgan fingerprint density at radius 1 is 1.50 bits per heavy atom. The van der Waals surface area contributed by atoms with E-state index < -0.39 is 11.7 Å². The van der Waals surface area contributed by atoms with Crippen LogP contribution in [0.25, 0.3) is 0 Å². The van der Waals surface area contributed by atoms with Crippen molar-refractivity contribution >= 4 is 6.09 Å². The number of rotatable bonds is 3. The van der Waals surface area contributed by atoms with Crippen molar-refractivity contribution in [1.29, 1.82) is 0 Å². The van der Waals surface area contributed by atoms with Crippen LogP contribution in [0.15, 0.2) is 12.3 Å². The van der Waals surface area contributed by atoms with Gasteiger partial charge < -0.3 is 15.2 Å². The minimum Gasteiger partial charge on any atom is -0.444 e. The molecule has 1 heterocycles. The Morgan fingerprint density at radius 3 is 2.72 bits per heavy atom. The van der Waals surface area contributed by atoms with E-state index in [9.17, 15) is 9.90 Å². The predicted molar refractivity (Wildman–Crippen MR) is 68.0 cm³/mol. The van der Waals surface area contributed by atoms with E-state index in [1.807, 2.05) is 13.0 Å². The lowest BCUT2D eigenvalue weighted by Crippen LogP contribution is -2.32. The van der Waals surface area contributed by atoms with E-state index in [-0.39, 0.29) is 13.2 Å². The number of carbonyl (C=O) groups excluding carboxylic acids is 1. The molecule has 100 valence electrons. The molecule has 0 saturated carbocycles. The Kier molecular flexibility index (Phi) is 4.67. The summed E-state index contributed by atoms with van der Waals surface area (Å²) in [5.41, 5.74) is 1.81. The first-order valence-corrected chi connectivity index (χ1v) is 5.84. The number of nitrogens with one attached hydrogen (secondary N) is 1. The Morgan fingerprint density at radius 2 is 2.17 bits per heavy atom. The van der Waals surface area contributed by atoms with Gasteiger partial charge in [0.2, 0.25) is 0 Å². The van der Waals surface area contributed by atoms with Crippen LogP contribution in [0.5, 0.6) is 0 Å². The number of alkyl carbamates (subject to hydrolysis) is 1. The molecule has 0 atom stereocenters. The zero-order valence-corrected chi connectivity index (χ0v) is 11.3. The fourth-order valence-corrected chi connectivity index (χ4v) is 1.42. The van der Waals surface area contributed by atoms with E-state index in [0.29, 0.717) is 11.3 Å². The molecule has 0 radical (unpaired) electrons. The number of amides is 1. The molecular weight excluding hydrogens is 232 g/mol. The van der Waals surface area contributed by atoms with Gasteiger partial charge in [-0.3, -0.25) is 4.98 Å². The smallest absolute Gasteiger partial charge is 0.407 e. The van der Waals surface area contributed by atoms with Crippen molar-refractivity contribution in [2.75, 3.05) is 0 Å². The van der Waals surface area contributed by atoms with Gasteiger partial charge in [0.05, 0.1) is 18.8 Å². The van der Waals surface area contributed by atoms with E-state index in [1.165, 1.54) is 0 Å². The number of aromatic nitrogens is 1. The van der Waals surface area contributed by atoms with Gasteiger partial charge in [0.25, 0.3) is 0 Å². The molecule has 0 unspecified atom stereocenters. The van der Waals surface area contributed by atoms with Crippen LogP contribution >= 0.6 is 0 Å². The summed E-state index contributed by atoms with van der Waals surface area (Å²) in [7, 11) is 0. The van der Waals surface area contributed by atoms with Gasteiger partial charge in [-0.05, 0) is 33.3 Å². The van der Waals surface area contributed by atoms with Gasteiger partial charge in [-0.25, -0.2) is 4.79 Å². The molecule has 0 saturated heterocycles. The number of carbonyl (C=O) groups is 1. The molecule has 5 nitrogen and oxygen atoms in total. The van der Waals surface area contributed by atoms with E-state index in [4.69, 9.17) is 4.74 Å². The van der Waals surface area contributed by atoms with Crippen LogP contribution < -0.4 is 5.32 Å². The average Bonchev–Trinajstić information content (AvgIpc) is 2.24. The first-order chi connectivity index (χ1) is 8.31. The maximum absolute atomic E-state index is 11.5. The molecule has 0 fully saturated rings. The molecule has 1 aromatic rings. The normalized spacial score (nSPS) is 11.2. The van der Waals surface area contributed by atoms with E-state index in [1.54, 1.807) is 27.0 Å². The zero-order chi connectivity index (χ0) is 13.8. The van der Waals surface area contributed by atoms with E-state index in [2.05, 4.69) is 10.3 Å². The highest BCUT2D eigenvalue weighted by Crippen LogP contribution is 2.10. The molecule has 1 aromatic heterocycles. The third kappa shape index (κ3) is 4.71. The van der Waals surface area contributed by atoms with Gasteiger partial charge in [-0.2, -0.15) is 0 Å². The van der Waals surface area contributed by atoms with Crippen LogP contribution in [0.3, 0.4) is 0 Å². The number of aryl methyl sites for hydroxylation is 1. The quantitative estimate of drug-likeness (QED) is 0.862. The highest BCUT2D eigenvalue weighted by molar-refractivity contribution is 5.67. The third-order valence-corrected chi connectivity index (χ3v) is 2.17. The first-order valence-electron chi connectivity index (χ1n) is 5.84. The summed E-state index contributed by atoms with van der Waals surface area (Å²) in [6.07, 6.45) is 1.21. The fourth-order valence-electron chi connectivity index (χ4n) is 1.42. The van der Waals surface area contributed by atoms with Crippen molar-refractivity contribution < 1.29 is 14.6 Å². The summed E-state index contributed by atoms with van der Waals surface area (Å²) >= 11 is 0. The van der Waals surface area contributed by atoms with Gasteiger partial charge >= 0.3 is 6.09 Å². The molecule has 2 N–H and O–H groups in total. The van der Waals surface area contributed by atoms with Crippen LogP contribution in [0.2, 0.25) is 0 Å². The van der Waals surface area contributed by atoms with E-state index in [0.717, 1.165) is 5.56 Å². The van der Waals surface area contributed by atoms with Crippen molar-refractivity contribution in [2.24, 2.45) is 0 Å². The SMILES string of the molecule is Cc1cnc(CNC(=O)OC(C)(C)C)c(CO)c1. The summed E-state index contributed by atoms with van der Waals surface area (Å²) in [4.78, 5) is 15.7. The molecule has 0 aliphatic carbocycles. The molecule has 1 amide bonds. The lowest BCUT2D eigenvalue weighted by Gasteiger charge is -2.19. The number of ether oxygens (including phenoxy) is 1. The standard InChI is InChI=1S/C13H20N2O3/c1-9-5-10(8-16)11(14-6-9)7-15-12(17)18-13(2,3)4/h5-6,16H,7-8H2,1-4H3,(H,15,17). The summed E-state index contributed by atoms with van der Waals surface area (Å²) < 4.78 is 5.12. The van der Waals surface area contributed by atoms with E-state index >= 15 is 0 Å². The maximum atomic E-state index is 11.5. The average molecular weight is 252 g/mol. The minimum absolute atomic E-state index is 0.0972. The first kappa shape index (κ1) is 14.4. The Bertz CT molecular complexity index is 425. The molecule has 1 rings (SSSR count). The predicted octanol–water partition coefficient (Wildman–Crippen LogP) is 1.91. The molecule has 5 heteroatoms. The second-order valence-corrected chi connectivity index (χ2v) is 5.13. The number of aliphatic hydroxyl groups excluding tert-OH is 1. The monoisotopic (exact) mass is 252 g/mol. The Labute approximate surface area is 107 Å².